The van der Waals surface area contributed by atoms with E-state index < -0.39 is 0 Å². The van der Waals surface area contributed by atoms with Crippen molar-refractivity contribution in [1.82, 2.24) is 14.9 Å². The molecule has 1 aromatic heterocycles. The summed E-state index contributed by atoms with van der Waals surface area (Å²) in [4.78, 5) is 25.7. The molecule has 0 spiro atoms. The number of hydrogen-bond donors (Lipinski definition) is 0. The average Bonchev–Trinajstić information content (AvgIpc) is 3.09. The predicted octanol–water partition coefficient (Wildman–Crippen LogP) is 3.63. The number of aromatic nitrogens is 2. The Morgan fingerprint density at radius 2 is 1.86 bits per heavy atom. The predicted molar refractivity (Wildman–Crippen MR) is 108 cm³/mol. The fourth-order valence-corrected chi connectivity index (χ4v) is 4.16. The molecule has 0 bridgehead atoms. The van der Waals surface area contributed by atoms with Crippen LogP contribution in [0.5, 0.6) is 0 Å². The highest BCUT2D eigenvalue weighted by atomic mass is 16.6. The summed E-state index contributed by atoms with van der Waals surface area (Å²) < 4.78 is 5.30. The quantitative estimate of drug-likeness (QED) is 0.793. The minimum absolute atomic E-state index is 0.0515. The molecule has 0 aliphatic carbocycles. The van der Waals surface area contributed by atoms with Crippen molar-refractivity contribution in [1.29, 1.82) is 0 Å². The third-order valence-corrected chi connectivity index (χ3v) is 5.86. The first-order valence-corrected chi connectivity index (χ1v) is 10.2. The fraction of sp³-hybridized carbons (Fsp3) is 0.500. The van der Waals surface area contributed by atoms with E-state index in [0.717, 1.165) is 38.0 Å². The van der Waals surface area contributed by atoms with E-state index >= 15 is 0 Å². The van der Waals surface area contributed by atoms with Crippen LogP contribution in [0, 0.1) is 0 Å². The van der Waals surface area contributed by atoms with Crippen molar-refractivity contribution in [2.24, 2.45) is 0 Å². The maximum atomic E-state index is 12.3. The zero-order chi connectivity index (χ0) is 19.5. The zero-order valence-electron chi connectivity index (χ0n) is 16.6. The molecule has 2 aliphatic rings. The number of rotatable bonds is 5. The monoisotopic (exact) mass is 380 g/mol. The second-order valence-electron chi connectivity index (χ2n) is 7.99. The molecule has 1 amide bonds. The molecule has 28 heavy (non-hydrogen) atoms. The Hall–Kier alpha value is -2.47. The van der Waals surface area contributed by atoms with Crippen LogP contribution in [0.4, 0.5) is 10.6 Å². The Balaban J connectivity index is 1.44. The van der Waals surface area contributed by atoms with Gasteiger partial charge >= 0.3 is 6.09 Å². The molecule has 148 valence electrons. The number of nitrogens with zero attached hydrogens (tertiary/aromatic N) is 4. The van der Waals surface area contributed by atoms with Crippen LogP contribution in [-0.4, -0.2) is 52.7 Å². The number of anilines is 1. The molecule has 2 aromatic rings. The number of cyclic esters (lactones) is 1. The molecule has 1 unspecified atom stereocenters. The molecule has 1 aromatic carbocycles. The van der Waals surface area contributed by atoms with Crippen LogP contribution >= 0.6 is 0 Å². The second kappa shape index (κ2) is 8.27. The molecule has 0 N–H and O–H groups in total. The van der Waals surface area contributed by atoms with Gasteiger partial charge in [0.25, 0.3) is 0 Å². The van der Waals surface area contributed by atoms with Gasteiger partial charge in [0.15, 0.2) is 5.82 Å². The summed E-state index contributed by atoms with van der Waals surface area (Å²) in [6.07, 6.45) is 6.19. The van der Waals surface area contributed by atoms with Gasteiger partial charge in [0.1, 0.15) is 6.61 Å². The summed E-state index contributed by atoms with van der Waals surface area (Å²) >= 11 is 0. The van der Waals surface area contributed by atoms with Gasteiger partial charge in [0.2, 0.25) is 0 Å². The number of piperidine rings is 1. The average molecular weight is 380 g/mol. The summed E-state index contributed by atoms with van der Waals surface area (Å²) in [6.45, 7) is 7.07. The molecule has 4 rings (SSSR count). The van der Waals surface area contributed by atoms with Gasteiger partial charge in [-0.1, -0.05) is 30.3 Å². The van der Waals surface area contributed by atoms with E-state index in [1.54, 1.807) is 11.1 Å². The molecule has 2 fully saturated rings. The highest BCUT2D eigenvalue weighted by molar-refractivity contribution is 5.88. The van der Waals surface area contributed by atoms with Gasteiger partial charge in [0.05, 0.1) is 24.1 Å². The van der Waals surface area contributed by atoms with Crippen LogP contribution in [0.3, 0.4) is 0 Å². The van der Waals surface area contributed by atoms with Crippen LogP contribution in [0.1, 0.15) is 43.9 Å². The second-order valence-corrected chi connectivity index (χ2v) is 7.99. The van der Waals surface area contributed by atoms with Crippen LogP contribution in [-0.2, 0) is 11.2 Å². The van der Waals surface area contributed by atoms with Crippen molar-refractivity contribution in [3.63, 3.8) is 0 Å². The lowest BCUT2D eigenvalue weighted by Crippen LogP contribution is -2.38. The van der Waals surface area contributed by atoms with Gasteiger partial charge in [-0.3, -0.25) is 9.88 Å². The maximum absolute atomic E-state index is 12.3. The van der Waals surface area contributed by atoms with Crippen molar-refractivity contribution in [3.05, 3.63) is 54.0 Å². The van der Waals surface area contributed by atoms with Crippen LogP contribution in [0.25, 0.3) is 0 Å². The standard InChI is InChI=1S/C22H28N4O2/c1-16(2)25-10-8-18(9-11-25)20-13-24-21(14-23-20)26-19(15-28-22(26)27)12-17-6-4-3-5-7-17/h3-7,13-14,16,18-19H,8-12,15H2,1-2H3. The molecule has 0 radical (unpaired) electrons. The van der Waals surface area contributed by atoms with Crippen molar-refractivity contribution >= 4 is 11.9 Å². The third-order valence-electron chi connectivity index (χ3n) is 5.86. The normalized spacial score (nSPS) is 21.3. The van der Waals surface area contributed by atoms with Gasteiger partial charge in [-0.15, -0.1) is 0 Å². The van der Waals surface area contributed by atoms with E-state index in [4.69, 9.17) is 4.74 Å². The first kappa shape index (κ1) is 18.9. The largest absolute Gasteiger partial charge is 0.447 e. The lowest BCUT2D eigenvalue weighted by atomic mass is 9.93. The van der Waals surface area contributed by atoms with E-state index in [9.17, 15) is 4.79 Å². The van der Waals surface area contributed by atoms with Crippen molar-refractivity contribution in [3.8, 4) is 0 Å². The van der Waals surface area contributed by atoms with Crippen molar-refractivity contribution < 1.29 is 9.53 Å². The molecule has 2 saturated heterocycles. The van der Waals surface area contributed by atoms with Crippen LogP contribution in [0.15, 0.2) is 42.7 Å². The Labute approximate surface area is 166 Å². The van der Waals surface area contributed by atoms with E-state index in [-0.39, 0.29) is 12.1 Å². The van der Waals surface area contributed by atoms with Gasteiger partial charge in [-0.25, -0.2) is 9.78 Å². The number of carbonyl (C=O) groups excluding carboxylic acids is 1. The summed E-state index contributed by atoms with van der Waals surface area (Å²) in [7, 11) is 0. The Morgan fingerprint density at radius 1 is 1.11 bits per heavy atom. The molecule has 1 atom stereocenters. The number of likely N-dealkylation sites (tertiary alicyclic amines) is 1. The van der Waals surface area contributed by atoms with Crippen LogP contribution < -0.4 is 4.90 Å². The molecule has 6 nitrogen and oxygen atoms in total. The lowest BCUT2D eigenvalue weighted by Gasteiger charge is -2.34. The fourth-order valence-electron chi connectivity index (χ4n) is 4.16. The number of amides is 1. The van der Waals surface area contributed by atoms with Gasteiger partial charge in [-0.05, 0) is 51.8 Å². The highest BCUT2D eigenvalue weighted by Crippen LogP contribution is 2.29. The Morgan fingerprint density at radius 3 is 2.50 bits per heavy atom. The lowest BCUT2D eigenvalue weighted by molar-refractivity contribution is 0.170. The first-order chi connectivity index (χ1) is 13.6. The van der Waals surface area contributed by atoms with Gasteiger partial charge in [-0.2, -0.15) is 0 Å². The third kappa shape index (κ3) is 4.02. The molecule has 0 saturated carbocycles. The number of ether oxygens (including phenoxy) is 1. The van der Waals surface area contributed by atoms with Crippen molar-refractivity contribution in [2.75, 3.05) is 24.6 Å². The molecule has 6 heteroatoms. The summed E-state index contributed by atoms with van der Waals surface area (Å²) in [6, 6.07) is 10.7. The molecule has 2 aliphatic heterocycles. The molecular formula is C22H28N4O2. The summed E-state index contributed by atoms with van der Waals surface area (Å²) in [5, 5.41) is 0. The van der Waals surface area contributed by atoms with Crippen LogP contribution in [0.2, 0.25) is 0 Å². The SMILES string of the molecule is CC(C)N1CCC(c2cnc(N3C(=O)OCC3Cc3ccccc3)cn2)CC1. The molecular weight excluding hydrogens is 352 g/mol. The Bertz CT molecular complexity index is 786. The summed E-state index contributed by atoms with van der Waals surface area (Å²) in [5.41, 5.74) is 2.21. The van der Waals surface area contributed by atoms with Gasteiger partial charge < -0.3 is 9.64 Å². The number of hydrogen-bond acceptors (Lipinski definition) is 5. The van der Waals surface area contributed by atoms with Gasteiger partial charge in [0, 0.05) is 12.0 Å². The minimum atomic E-state index is -0.340. The van der Waals surface area contributed by atoms with E-state index in [2.05, 4.69) is 40.8 Å². The first-order valence-electron chi connectivity index (χ1n) is 10.2. The zero-order valence-corrected chi connectivity index (χ0v) is 16.6. The van der Waals surface area contributed by atoms with E-state index in [1.165, 1.54) is 5.56 Å². The highest BCUT2D eigenvalue weighted by Gasteiger charge is 2.35. The number of benzene rings is 1. The molecule has 3 heterocycles. The maximum Gasteiger partial charge on any atom is 0.415 e. The van der Waals surface area contributed by atoms with E-state index in [0.29, 0.717) is 24.4 Å². The number of carbonyl (C=O) groups is 1. The summed E-state index contributed by atoms with van der Waals surface area (Å²) in [5.74, 6) is 1.02. The topological polar surface area (TPSA) is 58.6 Å². The Kier molecular flexibility index (Phi) is 5.57. The minimum Gasteiger partial charge on any atom is -0.447 e. The van der Waals surface area contributed by atoms with Crippen molar-refractivity contribution in [2.45, 2.75) is 51.1 Å². The van der Waals surface area contributed by atoms with E-state index in [1.807, 2.05) is 24.4 Å². The smallest absolute Gasteiger partial charge is 0.415 e.